The van der Waals surface area contributed by atoms with Crippen molar-refractivity contribution in [3.63, 3.8) is 0 Å². The van der Waals surface area contributed by atoms with E-state index in [1.165, 1.54) is 32.4 Å². The van der Waals surface area contributed by atoms with Gasteiger partial charge in [-0.05, 0) is 69.7 Å². The van der Waals surface area contributed by atoms with E-state index in [1.807, 2.05) is 24.0 Å². The van der Waals surface area contributed by atoms with E-state index >= 15 is 0 Å². The first-order valence-corrected chi connectivity index (χ1v) is 9.69. The Hall–Kier alpha value is -1.62. The van der Waals surface area contributed by atoms with Crippen molar-refractivity contribution in [2.75, 3.05) is 32.7 Å². The van der Waals surface area contributed by atoms with Crippen LogP contribution < -0.4 is 4.74 Å². The summed E-state index contributed by atoms with van der Waals surface area (Å²) in [5.41, 5.74) is 0. The molecule has 2 aliphatic heterocycles. The van der Waals surface area contributed by atoms with Gasteiger partial charge in [0.1, 0.15) is 5.75 Å². The standard InChI is InChI=1S/C20H31N3O2/c1-16-7-11-22(12-8-16)14-18-5-4-10-23(15-18)20(24)17(2)25-19-6-3-9-21-13-19/h3,6,9,13,16-18H,4-5,7-8,10-12,14-15H2,1-2H3/t17-,18+/m1/s1. The van der Waals surface area contributed by atoms with E-state index in [1.54, 1.807) is 12.4 Å². The Bertz CT molecular complexity index is 543. The molecule has 2 atom stereocenters. The molecular formula is C20H31N3O2. The van der Waals surface area contributed by atoms with Crippen molar-refractivity contribution in [1.82, 2.24) is 14.8 Å². The molecule has 25 heavy (non-hydrogen) atoms. The highest BCUT2D eigenvalue weighted by molar-refractivity contribution is 5.81. The van der Waals surface area contributed by atoms with Crippen LogP contribution in [-0.4, -0.2) is 59.5 Å². The van der Waals surface area contributed by atoms with Gasteiger partial charge < -0.3 is 14.5 Å². The van der Waals surface area contributed by atoms with E-state index < -0.39 is 6.10 Å². The molecule has 5 nitrogen and oxygen atoms in total. The molecule has 0 unspecified atom stereocenters. The molecule has 2 fully saturated rings. The molecule has 3 rings (SSSR count). The Balaban J connectivity index is 1.49. The fraction of sp³-hybridized carbons (Fsp3) is 0.700. The van der Waals surface area contributed by atoms with Gasteiger partial charge in [-0.3, -0.25) is 9.78 Å². The second-order valence-electron chi connectivity index (χ2n) is 7.72. The van der Waals surface area contributed by atoms with Gasteiger partial charge in [-0.25, -0.2) is 0 Å². The summed E-state index contributed by atoms with van der Waals surface area (Å²) in [6, 6.07) is 3.66. The second-order valence-corrected chi connectivity index (χ2v) is 7.72. The fourth-order valence-corrected chi connectivity index (χ4v) is 3.95. The minimum atomic E-state index is -0.459. The molecule has 138 valence electrons. The number of nitrogens with zero attached hydrogens (tertiary/aromatic N) is 3. The minimum absolute atomic E-state index is 0.0980. The number of likely N-dealkylation sites (tertiary alicyclic amines) is 2. The molecule has 1 amide bonds. The first-order chi connectivity index (χ1) is 12.1. The normalized spacial score (nSPS) is 24.1. The molecule has 1 aromatic heterocycles. The molecule has 0 aromatic carbocycles. The molecule has 0 bridgehead atoms. The van der Waals surface area contributed by atoms with Gasteiger partial charge >= 0.3 is 0 Å². The highest BCUT2D eigenvalue weighted by Gasteiger charge is 2.29. The monoisotopic (exact) mass is 345 g/mol. The predicted molar refractivity (Wildman–Crippen MR) is 98.5 cm³/mol. The first-order valence-electron chi connectivity index (χ1n) is 9.69. The Kier molecular flexibility index (Phi) is 6.29. The van der Waals surface area contributed by atoms with E-state index in [-0.39, 0.29) is 5.91 Å². The molecule has 0 aliphatic carbocycles. The molecule has 2 aliphatic rings. The molecule has 3 heterocycles. The Morgan fingerprint density at radius 1 is 1.32 bits per heavy atom. The maximum Gasteiger partial charge on any atom is 0.263 e. The molecule has 0 N–H and O–H groups in total. The van der Waals surface area contributed by atoms with E-state index in [0.717, 1.165) is 32.0 Å². The number of rotatable bonds is 5. The van der Waals surface area contributed by atoms with Crippen molar-refractivity contribution in [1.29, 1.82) is 0 Å². The number of hydrogen-bond donors (Lipinski definition) is 0. The first kappa shape index (κ1) is 18.2. The fourth-order valence-electron chi connectivity index (χ4n) is 3.95. The average Bonchev–Trinajstić information content (AvgIpc) is 2.64. The second kappa shape index (κ2) is 8.65. The van der Waals surface area contributed by atoms with Gasteiger partial charge in [0.15, 0.2) is 6.10 Å². The van der Waals surface area contributed by atoms with Crippen LogP contribution in [0.5, 0.6) is 5.75 Å². The lowest BCUT2D eigenvalue weighted by molar-refractivity contribution is -0.140. The third kappa shape index (κ3) is 5.18. The Labute approximate surface area is 151 Å². The number of hydrogen-bond acceptors (Lipinski definition) is 4. The number of aromatic nitrogens is 1. The summed E-state index contributed by atoms with van der Waals surface area (Å²) in [6.07, 6.45) is 7.85. The van der Waals surface area contributed by atoms with Crippen LogP contribution in [0.1, 0.15) is 39.5 Å². The van der Waals surface area contributed by atoms with E-state index in [4.69, 9.17) is 4.74 Å². The number of ether oxygens (including phenoxy) is 1. The number of pyridine rings is 1. The number of amides is 1. The third-order valence-electron chi connectivity index (χ3n) is 5.52. The van der Waals surface area contributed by atoms with Gasteiger partial charge in [0.2, 0.25) is 0 Å². The molecule has 5 heteroatoms. The summed E-state index contributed by atoms with van der Waals surface area (Å²) in [4.78, 5) is 21.4. The summed E-state index contributed by atoms with van der Waals surface area (Å²) in [5.74, 6) is 2.21. The molecule has 2 saturated heterocycles. The summed E-state index contributed by atoms with van der Waals surface area (Å²) >= 11 is 0. The molecule has 0 spiro atoms. The third-order valence-corrected chi connectivity index (χ3v) is 5.52. The SMILES string of the molecule is CC1CCN(C[C@@H]2CCCN(C(=O)[C@@H](C)Oc3cccnc3)C2)CC1. The van der Waals surface area contributed by atoms with Crippen molar-refractivity contribution >= 4 is 5.91 Å². The van der Waals surface area contributed by atoms with Crippen LogP contribution in [0.25, 0.3) is 0 Å². The van der Waals surface area contributed by atoms with Gasteiger partial charge in [-0.15, -0.1) is 0 Å². The van der Waals surface area contributed by atoms with Gasteiger partial charge in [0, 0.05) is 25.8 Å². The quantitative estimate of drug-likeness (QED) is 0.823. The van der Waals surface area contributed by atoms with Gasteiger partial charge in [0.25, 0.3) is 5.91 Å². The lowest BCUT2D eigenvalue weighted by atomic mass is 9.94. The smallest absolute Gasteiger partial charge is 0.263 e. The largest absolute Gasteiger partial charge is 0.479 e. The van der Waals surface area contributed by atoms with Crippen LogP contribution in [0.3, 0.4) is 0 Å². The molecule has 0 saturated carbocycles. The van der Waals surface area contributed by atoms with Crippen LogP contribution >= 0.6 is 0 Å². The highest BCUT2D eigenvalue weighted by Crippen LogP contribution is 2.22. The maximum atomic E-state index is 12.8. The lowest BCUT2D eigenvalue weighted by Crippen LogP contribution is -2.48. The van der Waals surface area contributed by atoms with Gasteiger partial charge in [-0.1, -0.05) is 6.92 Å². The topological polar surface area (TPSA) is 45.7 Å². The van der Waals surface area contributed by atoms with E-state index in [9.17, 15) is 4.79 Å². The van der Waals surface area contributed by atoms with Crippen molar-refractivity contribution in [2.45, 2.75) is 45.6 Å². The van der Waals surface area contributed by atoms with Crippen molar-refractivity contribution in [3.8, 4) is 5.75 Å². The van der Waals surface area contributed by atoms with Crippen molar-refractivity contribution in [3.05, 3.63) is 24.5 Å². The Morgan fingerprint density at radius 2 is 2.12 bits per heavy atom. The van der Waals surface area contributed by atoms with Crippen molar-refractivity contribution < 1.29 is 9.53 Å². The predicted octanol–water partition coefficient (Wildman–Crippen LogP) is 2.82. The van der Waals surface area contributed by atoms with Gasteiger partial charge in [0.05, 0.1) is 6.20 Å². The number of piperidine rings is 2. The molecular weight excluding hydrogens is 314 g/mol. The zero-order valence-corrected chi connectivity index (χ0v) is 15.6. The highest BCUT2D eigenvalue weighted by atomic mass is 16.5. The number of carbonyl (C=O) groups excluding carboxylic acids is 1. The van der Waals surface area contributed by atoms with Crippen LogP contribution in [0.2, 0.25) is 0 Å². The average molecular weight is 345 g/mol. The zero-order chi connectivity index (χ0) is 17.6. The van der Waals surface area contributed by atoms with Crippen LogP contribution in [0.4, 0.5) is 0 Å². The Morgan fingerprint density at radius 3 is 2.84 bits per heavy atom. The molecule has 1 aromatic rings. The lowest BCUT2D eigenvalue weighted by Gasteiger charge is -2.38. The van der Waals surface area contributed by atoms with E-state index in [0.29, 0.717) is 11.7 Å². The number of carbonyl (C=O) groups is 1. The van der Waals surface area contributed by atoms with E-state index in [2.05, 4.69) is 16.8 Å². The maximum absolute atomic E-state index is 12.8. The summed E-state index contributed by atoms with van der Waals surface area (Å²) in [7, 11) is 0. The minimum Gasteiger partial charge on any atom is -0.479 e. The van der Waals surface area contributed by atoms with Crippen LogP contribution in [-0.2, 0) is 4.79 Å². The summed E-state index contributed by atoms with van der Waals surface area (Å²) in [5, 5.41) is 0. The zero-order valence-electron chi connectivity index (χ0n) is 15.6. The van der Waals surface area contributed by atoms with Crippen LogP contribution in [0, 0.1) is 11.8 Å². The van der Waals surface area contributed by atoms with Crippen molar-refractivity contribution in [2.24, 2.45) is 11.8 Å². The summed E-state index contributed by atoms with van der Waals surface area (Å²) in [6.45, 7) is 9.47. The van der Waals surface area contributed by atoms with Gasteiger partial charge in [-0.2, -0.15) is 0 Å². The summed E-state index contributed by atoms with van der Waals surface area (Å²) < 4.78 is 5.76. The molecule has 0 radical (unpaired) electrons. The van der Waals surface area contributed by atoms with Crippen LogP contribution in [0.15, 0.2) is 24.5 Å².